The number of aryl methyl sites for hydroxylation is 1. The van der Waals surface area contributed by atoms with Gasteiger partial charge in [-0.25, -0.2) is 0 Å². The van der Waals surface area contributed by atoms with Crippen LogP contribution in [0.15, 0.2) is 49.3 Å². The fraction of sp³-hybridized carbons (Fsp3) is 0.455. The standard InChI is InChI=1S/C22H29N3/c1-18-22-15-19(8-9-21(22)16-23-18)6-7-20-5-4-12-25(17-20)14-13-24-10-2-3-11-24/h2-3,8-11,15,20,23H,1,4-7,12-14,16-17H2. The third-order valence-corrected chi connectivity index (χ3v) is 5.78. The van der Waals surface area contributed by atoms with Gasteiger partial charge in [-0.2, -0.15) is 0 Å². The molecule has 1 unspecified atom stereocenters. The summed E-state index contributed by atoms with van der Waals surface area (Å²) >= 11 is 0. The van der Waals surface area contributed by atoms with E-state index in [9.17, 15) is 0 Å². The molecule has 1 N–H and O–H groups in total. The van der Waals surface area contributed by atoms with Crippen LogP contribution >= 0.6 is 0 Å². The van der Waals surface area contributed by atoms with E-state index in [1.165, 1.54) is 62.0 Å². The molecule has 0 aliphatic carbocycles. The molecule has 0 spiro atoms. The summed E-state index contributed by atoms with van der Waals surface area (Å²) < 4.78 is 2.29. The van der Waals surface area contributed by atoms with Gasteiger partial charge >= 0.3 is 0 Å². The SMILES string of the molecule is C=C1NCc2ccc(CCC3CCCN(CCn4cccc4)C3)cc21. The molecule has 1 aromatic carbocycles. The van der Waals surface area contributed by atoms with Crippen LogP contribution in [0.25, 0.3) is 5.70 Å². The Bertz CT molecular complexity index is 717. The van der Waals surface area contributed by atoms with Crippen molar-refractivity contribution in [3.05, 3.63) is 66.0 Å². The maximum atomic E-state index is 4.12. The number of hydrogen-bond acceptors (Lipinski definition) is 2. The molecule has 3 nitrogen and oxygen atoms in total. The van der Waals surface area contributed by atoms with Crippen molar-refractivity contribution in [2.24, 2.45) is 5.92 Å². The average molecular weight is 335 g/mol. The van der Waals surface area contributed by atoms with Gasteiger partial charge in [-0.1, -0.05) is 18.7 Å². The van der Waals surface area contributed by atoms with Gasteiger partial charge in [0, 0.05) is 49.8 Å². The number of piperidine rings is 1. The first-order valence-electron chi connectivity index (χ1n) is 9.66. The van der Waals surface area contributed by atoms with Crippen molar-refractivity contribution in [2.45, 2.75) is 38.8 Å². The predicted molar refractivity (Wildman–Crippen MR) is 104 cm³/mol. The third-order valence-electron chi connectivity index (χ3n) is 5.78. The first-order valence-corrected chi connectivity index (χ1v) is 9.66. The van der Waals surface area contributed by atoms with Crippen molar-refractivity contribution in [3.63, 3.8) is 0 Å². The molecule has 1 aromatic heterocycles. The first-order chi connectivity index (χ1) is 12.3. The van der Waals surface area contributed by atoms with Crippen molar-refractivity contribution in [2.75, 3.05) is 19.6 Å². The summed E-state index contributed by atoms with van der Waals surface area (Å²) in [7, 11) is 0. The molecule has 2 aliphatic heterocycles. The van der Waals surface area contributed by atoms with Gasteiger partial charge in [-0.3, -0.25) is 0 Å². The molecule has 4 rings (SSSR count). The lowest BCUT2D eigenvalue weighted by Crippen LogP contribution is -2.37. The molecule has 1 saturated heterocycles. The Balaban J connectivity index is 1.28. The van der Waals surface area contributed by atoms with Crippen LogP contribution in [0.2, 0.25) is 0 Å². The average Bonchev–Trinajstić information content (AvgIpc) is 3.29. The molecule has 0 bridgehead atoms. The van der Waals surface area contributed by atoms with E-state index in [0.29, 0.717) is 0 Å². The monoisotopic (exact) mass is 335 g/mol. The van der Waals surface area contributed by atoms with E-state index in [0.717, 1.165) is 24.7 Å². The maximum absolute atomic E-state index is 4.12. The molecule has 3 heterocycles. The molecule has 2 aromatic rings. The largest absolute Gasteiger partial charge is 0.381 e. The van der Waals surface area contributed by atoms with Crippen LogP contribution in [0.1, 0.15) is 36.0 Å². The molecular formula is C22H29N3. The summed E-state index contributed by atoms with van der Waals surface area (Å²) in [5.74, 6) is 0.841. The quantitative estimate of drug-likeness (QED) is 0.864. The van der Waals surface area contributed by atoms with Crippen LogP contribution in [0, 0.1) is 5.92 Å². The Morgan fingerprint density at radius 1 is 1.16 bits per heavy atom. The van der Waals surface area contributed by atoms with E-state index in [1.807, 2.05) is 0 Å². The summed E-state index contributed by atoms with van der Waals surface area (Å²) in [6.07, 6.45) is 9.56. The second-order valence-electron chi connectivity index (χ2n) is 7.59. The first kappa shape index (κ1) is 16.5. The van der Waals surface area contributed by atoms with E-state index < -0.39 is 0 Å². The molecule has 1 fully saturated rings. The van der Waals surface area contributed by atoms with Crippen LogP contribution in [-0.2, 0) is 19.5 Å². The van der Waals surface area contributed by atoms with Gasteiger partial charge in [-0.05, 0) is 67.5 Å². The van der Waals surface area contributed by atoms with Crippen molar-refractivity contribution in [1.29, 1.82) is 0 Å². The maximum Gasteiger partial charge on any atom is 0.0407 e. The van der Waals surface area contributed by atoms with Crippen molar-refractivity contribution >= 4 is 5.70 Å². The van der Waals surface area contributed by atoms with Gasteiger partial charge < -0.3 is 14.8 Å². The molecule has 132 valence electrons. The zero-order chi connectivity index (χ0) is 17.1. The highest BCUT2D eigenvalue weighted by Crippen LogP contribution is 2.26. The number of rotatable bonds is 6. The summed E-state index contributed by atoms with van der Waals surface area (Å²) in [5, 5.41) is 3.35. The van der Waals surface area contributed by atoms with Crippen LogP contribution < -0.4 is 5.32 Å². The molecule has 0 radical (unpaired) electrons. The predicted octanol–water partition coefficient (Wildman–Crippen LogP) is 3.91. The third kappa shape index (κ3) is 3.98. The smallest absolute Gasteiger partial charge is 0.0407 e. The van der Waals surface area contributed by atoms with Gasteiger partial charge in [0.1, 0.15) is 0 Å². The Morgan fingerprint density at radius 3 is 2.92 bits per heavy atom. The van der Waals surface area contributed by atoms with Crippen molar-refractivity contribution in [3.8, 4) is 0 Å². The number of fused-ring (bicyclic) bond motifs is 1. The van der Waals surface area contributed by atoms with Crippen LogP contribution in [0.4, 0.5) is 0 Å². The highest BCUT2D eigenvalue weighted by molar-refractivity contribution is 5.69. The summed E-state index contributed by atoms with van der Waals surface area (Å²) in [4.78, 5) is 2.66. The van der Waals surface area contributed by atoms with Gasteiger partial charge in [0.2, 0.25) is 0 Å². The second-order valence-corrected chi connectivity index (χ2v) is 7.59. The highest BCUT2D eigenvalue weighted by Gasteiger charge is 2.20. The van der Waals surface area contributed by atoms with Crippen molar-refractivity contribution in [1.82, 2.24) is 14.8 Å². The molecule has 0 amide bonds. The van der Waals surface area contributed by atoms with Crippen molar-refractivity contribution < 1.29 is 0 Å². The molecule has 3 heteroatoms. The van der Waals surface area contributed by atoms with Crippen LogP contribution in [0.5, 0.6) is 0 Å². The summed E-state index contributed by atoms with van der Waals surface area (Å²) in [6, 6.07) is 11.2. The minimum absolute atomic E-state index is 0.841. The van der Waals surface area contributed by atoms with Gasteiger partial charge in [0.15, 0.2) is 0 Å². The van der Waals surface area contributed by atoms with E-state index >= 15 is 0 Å². The number of nitrogens with one attached hydrogen (secondary N) is 1. The summed E-state index contributed by atoms with van der Waals surface area (Å²) in [5.41, 5.74) is 5.27. The zero-order valence-electron chi connectivity index (χ0n) is 15.1. The fourth-order valence-electron chi connectivity index (χ4n) is 4.25. The number of nitrogens with zero attached hydrogens (tertiary/aromatic N) is 2. The number of likely N-dealkylation sites (tertiary alicyclic amines) is 1. The molecule has 0 saturated carbocycles. The van der Waals surface area contributed by atoms with Gasteiger partial charge in [0.25, 0.3) is 0 Å². The second kappa shape index (κ2) is 7.49. The Hall–Kier alpha value is -2.00. The molecule has 25 heavy (non-hydrogen) atoms. The fourth-order valence-corrected chi connectivity index (χ4v) is 4.25. The van der Waals surface area contributed by atoms with E-state index in [-0.39, 0.29) is 0 Å². The van der Waals surface area contributed by atoms with Crippen LogP contribution in [-0.4, -0.2) is 29.1 Å². The topological polar surface area (TPSA) is 20.2 Å². The van der Waals surface area contributed by atoms with E-state index in [4.69, 9.17) is 0 Å². The lowest BCUT2D eigenvalue weighted by atomic mass is 9.91. The number of benzene rings is 1. The zero-order valence-corrected chi connectivity index (χ0v) is 15.1. The molecular weight excluding hydrogens is 306 g/mol. The Labute approximate surface area is 151 Å². The molecule has 1 atom stereocenters. The molecule has 2 aliphatic rings. The lowest BCUT2D eigenvalue weighted by molar-refractivity contribution is 0.164. The Kier molecular flexibility index (Phi) is 4.93. The summed E-state index contributed by atoms with van der Waals surface area (Å²) in [6.45, 7) is 9.87. The van der Waals surface area contributed by atoms with Crippen LogP contribution in [0.3, 0.4) is 0 Å². The van der Waals surface area contributed by atoms with Gasteiger partial charge in [-0.15, -0.1) is 0 Å². The number of aromatic nitrogens is 1. The minimum Gasteiger partial charge on any atom is -0.381 e. The van der Waals surface area contributed by atoms with Gasteiger partial charge in [0.05, 0.1) is 0 Å². The van der Waals surface area contributed by atoms with E-state index in [2.05, 4.69) is 64.1 Å². The highest BCUT2D eigenvalue weighted by atomic mass is 15.1. The lowest BCUT2D eigenvalue weighted by Gasteiger charge is -2.33. The van der Waals surface area contributed by atoms with E-state index in [1.54, 1.807) is 0 Å². The Morgan fingerprint density at radius 2 is 2.04 bits per heavy atom. The normalized spacial score (nSPS) is 20.5. The number of hydrogen-bond donors (Lipinski definition) is 1. The minimum atomic E-state index is 0.841.